The molecular weight excluding hydrogens is 264 g/mol. The van der Waals surface area contributed by atoms with Crippen LogP contribution in [0.15, 0.2) is 18.2 Å². The Balaban J connectivity index is 2.79. The first-order chi connectivity index (χ1) is 10.0. The van der Waals surface area contributed by atoms with Crippen molar-refractivity contribution in [2.45, 2.75) is 26.3 Å². The third-order valence-corrected chi connectivity index (χ3v) is 3.75. The Morgan fingerprint density at radius 1 is 1.19 bits per heavy atom. The summed E-state index contributed by atoms with van der Waals surface area (Å²) in [5.41, 5.74) is 1.16. The lowest BCUT2D eigenvalue weighted by Crippen LogP contribution is -2.32. The zero-order valence-electron chi connectivity index (χ0n) is 14.3. The molecule has 0 aromatic heterocycles. The van der Waals surface area contributed by atoms with Crippen molar-refractivity contribution in [1.29, 1.82) is 0 Å². The molecule has 120 valence electrons. The zero-order chi connectivity index (χ0) is 15.8. The molecule has 0 amide bonds. The number of benzene rings is 1. The van der Waals surface area contributed by atoms with Gasteiger partial charge in [-0.3, -0.25) is 0 Å². The Bertz CT molecular complexity index is 421. The summed E-state index contributed by atoms with van der Waals surface area (Å²) in [6.45, 7) is 6.58. The number of hydrogen-bond donors (Lipinski definition) is 1. The van der Waals surface area contributed by atoms with E-state index in [1.165, 1.54) is 6.42 Å². The molecule has 1 N–H and O–H groups in total. The molecule has 0 radical (unpaired) electrons. The molecule has 1 atom stereocenters. The standard InChI is InChI=1S/C17H30N2O2/c1-13(2)9-10-19(4)12-16(18-3)15-8-7-14(20-5)11-17(15)21-6/h7-8,11,13,16,18H,9-10,12H2,1-6H3. The van der Waals surface area contributed by atoms with Gasteiger partial charge in [-0.1, -0.05) is 19.9 Å². The third-order valence-electron chi connectivity index (χ3n) is 3.75. The SMILES string of the molecule is CNC(CN(C)CCC(C)C)c1ccc(OC)cc1OC. The largest absolute Gasteiger partial charge is 0.497 e. The molecule has 1 rings (SSSR count). The van der Waals surface area contributed by atoms with Crippen molar-refractivity contribution in [3.63, 3.8) is 0 Å². The van der Waals surface area contributed by atoms with Gasteiger partial charge < -0.3 is 19.7 Å². The summed E-state index contributed by atoms with van der Waals surface area (Å²) in [5, 5.41) is 3.39. The minimum Gasteiger partial charge on any atom is -0.497 e. The van der Waals surface area contributed by atoms with Gasteiger partial charge in [-0.05, 0) is 39.0 Å². The molecule has 1 unspecified atom stereocenters. The molecule has 1 aromatic rings. The van der Waals surface area contributed by atoms with E-state index in [9.17, 15) is 0 Å². The predicted octanol–water partition coefficient (Wildman–Crippen LogP) is 2.94. The van der Waals surface area contributed by atoms with E-state index >= 15 is 0 Å². The monoisotopic (exact) mass is 294 g/mol. The van der Waals surface area contributed by atoms with Crippen LogP contribution < -0.4 is 14.8 Å². The number of hydrogen-bond acceptors (Lipinski definition) is 4. The summed E-state index contributed by atoms with van der Waals surface area (Å²) >= 11 is 0. The molecule has 0 aliphatic heterocycles. The average molecular weight is 294 g/mol. The zero-order valence-corrected chi connectivity index (χ0v) is 14.3. The van der Waals surface area contributed by atoms with Crippen molar-refractivity contribution in [2.24, 2.45) is 5.92 Å². The number of nitrogens with one attached hydrogen (secondary N) is 1. The Labute approximate surface area is 129 Å². The maximum atomic E-state index is 5.51. The van der Waals surface area contributed by atoms with Crippen LogP contribution in [0.2, 0.25) is 0 Å². The highest BCUT2D eigenvalue weighted by atomic mass is 16.5. The van der Waals surface area contributed by atoms with E-state index < -0.39 is 0 Å². The molecule has 0 aliphatic rings. The summed E-state index contributed by atoms with van der Waals surface area (Å²) < 4.78 is 10.8. The van der Waals surface area contributed by atoms with Crippen molar-refractivity contribution >= 4 is 0 Å². The van der Waals surface area contributed by atoms with Gasteiger partial charge in [-0.2, -0.15) is 0 Å². The van der Waals surface area contributed by atoms with Crippen LogP contribution in [0.4, 0.5) is 0 Å². The minimum atomic E-state index is 0.239. The first-order valence-corrected chi connectivity index (χ1v) is 7.59. The molecule has 0 bridgehead atoms. The number of methoxy groups -OCH3 is 2. The summed E-state index contributed by atoms with van der Waals surface area (Å²) in [5.74, 6) is 2.42. The van der Waals surface area contributed by atoms with Crippen molar-refractivity contribution in [3.8, 4) is 11.5 Å². The van der Waals surface area contributed by atoms with E-state index in [1.54, 1.807) is 14.2 Å². The third kappa shape index (κ3) is 5.56. The molecule has 4 heteroatoms. The second-order valence-electron chi connectivity index (χ2n) is 5.89. The molecule has 0 fully saturated rings. The highest BCUT2D eigenvalue weighted by Crippen LogP contribution is 2.29. The Morgan fingerprint density at radius 3 is 2.43 bits per heavy atom. The predicted molar refractivity (Wildman–Crippen MR) is 88.3 cm³/mol. The summed E-state index contributed by atoms with van der Waals surface area (Å²) in [6.07, 6.45) is 1.21. The molecule has 0 saturated heterocycles. The lowest BCUT2D eigenvalue weighted by molar-refractivity contribution is 0.276. The summed E-state index contributed by atoms with van der Waals surface area (Å²) in [7, 11) is 7.53. The Kier molecular flexibility index (Phi) is 7.54. The Hall–Kier alpha value is -1.26. The molecule has 0 saturated carbocycles. The minimum absolute atomic E-state index is 0.239. The van der Waals surface area contributed by atoms with Crippen LogP contribution >= 0.6 is 0 Å². The van der Waals surface area contributed by atoms with Gasteiger partial charge in [0.05, 0.1) is 14.2 Å². The van der Waals surface area contributed by atoms with Crippen molar-refractivity contribution in [2.75, 3.05) is 41.4 Å². The summed E-state index contributed by atoms with van der Waals surface area (Å²) in [4.78, 5) is 2.37. The first kappa shape index (κ1) is 17.8. The maximum absolute atomic E-state index is 5.51. The van der Waals surface area contributed by atoms with Crippen molar-refractivity contribution < 1.29 is 9.47 Å². The molecule has 0 spiro atoms. The quantitative estimate of drug-likeness (QED) is 0.759. The topological polar surface area (TPSA) is 33.7 Å². The second kappa shape index (κ2) is 8.90. The van der Waals surface area contributed by atoms with Crippen LogP contribution in [-0.2, 0) is 0 Å². The lowest BCUT2D eigenvalue weighted by Gasteiger charge is -2.26. The molecule has 0 heterocycles. The number of likely N-dealkylation sites (N-methyl/N-ethyl adjacent to an activating group) is 2. The van der Waals surface area contributed by atoms with Gasteiger partial charge in [0.15, 0.2) is 0 Å². The van der Waals surface area contributed by atoms with Crippen LogP contribution in [0.25, 0.3) is 0 Å². The van der Waals surface area contributed by atoms with Gasteiger partial charge in [-0.15, -0.1) is 0 Å². The van der Waals surface area contributed by atoms with Gasteiger partial charge in [0, 0.05) is 24.2 Å². The van der Waals surface area contributed by atoms with Gasteiger partial charge in [0.1, 0.15) is 11.5 Å². The number of nitrogens with zero attached hydrogens (tertiary/aromatic N) is 1. The average Bonchev–Trinajstić information content (AvgIpc) is 2.49. The van der Waals surface area contributed by atoms with E-state index in [0.717, 1.165) is 36.1 Å². The first-order valence-electron chi connectivity index (χ1n) is 7.59. The highest BCUT2D eigenvalue weighted by molar-refractivity contribution is 5.42. The van der Waals surface area contributed by atoms with Crippen LogP contribution in [0, 0.1) is 5.92 Å². The van der Waals surface area contributed by atoms with E-state index in [0.29, 0.717) is 0 Å². The normalized spacial score (nSPS) is 12.8. The molecule has 0 aliphatic carbocycles. The molecule has 1 aromatic carbocycles. The maximum Gasteiger partial charge on any atom is 0.127 e. The van der Waals surface area contributed by atoms with Crippen LogP contribution in [0.3, 0.4) is 0 Å². The lowest BCUT2D eigenvalue weighted by atomic mass is 10.0. The highest BCUT2D eigenvalue weighted by Gasteiger charge is 2.17. The Morgan fingerprint density at radius 2 is 1.90 bits per heavy atom. The number of ether oxygens (including phenoxy) is 2. The van der Waals surface area contributed by atoms with E-state index in [4.69, 9.17) is 9.47 Å². The second-order valence-corrected chi connectivity index (χ2v) is 5.89. The molecule has 4 nitrogen and oxygen atoms in total. The fourth-order valence-corrected chi connectivity index (χ4v) is 2.33. The van der Waals surface area contributed by atoms with Gasteiger partial charge in [0.25, 0.3) is 0 Å². The van der Waals surface area contributed by atoms with Gasteiger partial charge >= 0.3 is 0 Å². The smallest absolute Gasteiger partial charge is 0.127 e. The summed E-state index contributed by atoms with van der Waals surface area (Å²) in [6, 6.07) is 6.24. The van der Waals surface area contributed by atoms with E-state index in [2.05, 4.69) is 37.2 Å². The van der Waals surface area contributed by atoms with E-state index in [-0.39, 0.29) is 6.04 Å². The van der Waals surface area contributed by atoms with Gasteiger partial charge in [0.2, 0.25) is 0 Å². The van der Waals surface area contributed by atoms with Crippen LogP contribution in [0.1, 0.15) is 31.9 Å². The van der Waals surface area contributed by atoms with Crippen molar-refractivity contribution in [3.05, 3.63) is 23.8 Å². The van der Waals surface area contributed by atoms with Crippen LogP contribution in [-0.4, -0.2) is 46.3 Å². The molecule has 21 heavy (non-hydrogen) atoms. The molecular formula is C17H30N2O2. The van der Waals surface area contributed by atoms with E-state index in [1.807, 2.05) is 19.2 Å². The van der Waals surface area contributed by atoms with Crippen molar-refractivity contribution in [1.82, 2.24) is 10.2 Å². The fraction of sp³-hybridized carbons (Fsp3) is 0.647. The van der Waals surface area contributed by atoms with Crippen LogP contribution in [0.5, 0.6) is 11.5 Å². The fourth-order valence-electron chi connectivity index (χ4n) is 2.33. The van der Waals surface area contributed by atoms with Gasteiger partial charge in [-0.25, -0.2) is 0 Å². The number of rotatable bonds is 9.